The monoisotopic (exact) mass is 560 g/mol. The summed E-state index contributed by atoms with van der Waals surface area (Å²) < 4.78 is 0. The first kappa shape index (κ1) is 28.9. The molecule has 208 valence electrons. The predicted molar refractivity (Wildman–Crippen MR) is 160 cm³/mol. The number of nitrogens with one attached hydrogen (secondary N) is 1. The number of aromatic amines is 1. The highest BCUT2D eigenvalue weighted by Gasteiger charge is 2.19. The van der Waals surface area contributed by atoms with E-state index in [2.05, 4.69) is 9.88 Å². The number of hydrogen-bond acceptors (Lipinski definition) is 5. The van der Waals surface area contributed by atoms with E-state index in [4.69, 9.17) is 21.7 Å². The van der Waals surface area contributed by atoms with Gasteiger partial charge in [-0.1, -0.05) is 41.9 Å². The summed E-state index contributed by atoms with van der Waals surface area (Å²) in [6.45, 7) is 3.05. The van der Waals surface area contributed by atoms with Crippen molar-refractivity contribution in [1.82, 2.24) is 9.88 Å². The molecule has 0 aliphatic rings. The molecule has 0 saturated heterocycles. The molecule has 0 aliphatic carbocycles. The largest absolute Gasteiger partial charge is 0.494 e. The van der Waals surface area contributed by atoms with Crippen LogP contribution >= 0.6 is 11.6 Å². The molecule has 0 spiro atoms. The quantitative estimate of drug-likeness (QED) is 0.194. The average Bonchev–Trinajstić information content (AvgIpc) is 3.23. The number of aliphatic carboxylic acids is 1. The molecule has 0 saturated carbocycles. The number of benzene rings is 3. The van der Waals surface area contributed by atoms with Gasteiger partial charge in [0.05, 0.1) is 22.5 Å². The van der Waals surface area contributed by atoms with Crippen LogP contribution in [0.4, 0.5) is 11.4 Å². The highest BCUT2D eigenvalue weighted by Crippen LogP contribution is 2.33. The number of aliphatic imine (C=N–C) groups is 1. The number of fused-ring (bicyclic) bond motifs is 1. The van der Waals surface area contributed by atoms with Crippen LogP contribution in [0.25, 0.3) is 10.9 Å². The standard InChI is InChI=1S/C31H33ClN4O4/c1-20(37)36(18-4-17-35(2)3)25-13-11-24(12-14-25)33-30(22-8-5-21(6-9-22)7-16-28(38)39)29-26-15-10-23(32)19-27(26)34-31(29)40/h5-6,8-15,19,34,40H,4,7,16-18H2,1-3H3,(H,38,39). The minimum Gasteiger partial charge on any atom is -0.494 e. The number of H-pyrrole nitrogens is 1. The van der Waals surface area contributed by atoms with E-state index < -0.39 is 5.97 Å². The number of carbonyl (C=O) groups is 2. The lowest BCUT2D eigenvalue weighted by Crippen LogP contribution is -2.31. The number of rotatable bonds is 11. The van der Waals surface area contributed by atoms with Crippen LogP contribution < -0.4 is 4.90 Å². The van der Waals surface area contributed by atoms with Gasteiger partial charge in [-0.3, -0.25) is 9.59 Å². The summed E-state index contributed by atoms with van der Waals surface area (Å²) in [5.41, 5.74) is 4.83. The summed E-state index contributed by atoms with van der Waals surface area (Å²) in [6, 6.07) is 20.3. The third kappa shape index (κ3) is 7.08. The molecule has 40 heavy (non-hydrogen) atoms. The van der Waals surface area contributed by atoms with Gasteiger partial charge in [-0.2, -0.15) is 0 Å². The zero-order chi connectivity index (χ0) is 28.8. The van der Waals surface area contributed by atoms with Gasteiger partial charge in [-0.15, -0.1) is 0 Å². The molecule has 0 unspecified atom stereocenters. The summed E-state index contributed by atoms with van der Waals surface area (Å²) in [7, 11) is 4.01. The van der Waals surface area contributed by atoms with Crippen molar-refractivity contribution in [2.24, 2.45) is 4.99 Å². The Balaban J connectivity index is 1.73. The fourth-order valence-corrected chi connectivity index (χ4v) is 4.76. The number of halogens is 1. The van der Waals surface area contributed by atoms with Gasteiger partial charge >= 0.3 is 5.97 Å². The van der Waals surface area contributed by atoms with Crippen LogP contribution in [0.1, 0.15) is 36.5 Å². The van der Waals surface area contributed by atoms with Crippen molar-refractivity contribution in [3.05, 3.63) is 88.4 Å². The van der Waals surface area contributed by atoms with Gasteiger partial charge in [0.2, 0.25) is 5.91 Å². The van der Waals surface area contributed by atoms with Crippen molar-refractivity contribution in [3.63, 3.8) is 0 Å². The third-order valence-corrected chi connectivity index (χ3v) is 6.84. The van der Waals surface area contributed by atoms with Crippen molar-refractivity contribution >= 4 is 51.5 Å². The smallest absolute Gasteiger partial charge is 0.303 e. The number of carboxylic acids is 1. The Bertz CT molecular complexity index is 1530. The maximum Gasteiger partial charge on any atom is 0.303 e. The molecule has 8 nitrogen and oxygen atoms in total. The number of aromatic hydroxyl groups is 1. The summed E-state index contributed by atoms with van der Waals surface area (Å²) >= 11 is 6.18. The number of nitrogens with zero attached hydrogens (tertiary/aromatic N) is 3. The summed E-state index contributed by atoms with van der Waals surface area (Å²) in [5.74, 6) is -0.912. The Morgan fingerprint density at radius 1 is 0.975 bits per heavy atom. The zero-order valence-corrected chi connectivity index (χ0v) is 23.6. The Kier molecular flexibility index (Phi) is 9.24. The highest BCUT2D eigenvalue weighted by atomic mass is 35.5. The van der Waals surface area contributed by atoms with Gasteiger partial charge in [-0.25, -0.2) is 4.99 Å². The number of carboxylic acid groups (broad SMARTS) is 1. The lowest BCUT2D eigenvalue weighted by Gasteiger charge is -2.22. The first-order valence-corrected chi connectivity index (χ1v) is 13.4. The molecule has 0 bridgehead atoms. The predicted octanol–water partition coefficient (Wildman–Crippen LogP) is 6.02. The molecule has 1 amide bonds. The molecule has 3 aromatic carbocycles. The Labute approximate surface area is 238 Å². The molecule has 0 atom stereocenters. The minimum absolute atomic E-state index is 0.0268. The van der Waals surface area contributed by atoms with Crippen LogP contribution in [-0.2, 0) is 16.0 Å². The van der Waals surface area contributed by atoms with Crippen LogP contribution in [0, 0.1) is 0 Å². The molecule has 1 aromatic heterocycles. The molecule has 4 aromatic rings. The minimum atomic E-state index is -0.849. The van der Waals surface area contributed by atoms with E-state index in [-0.39, 0.29) is 18.2 Å². The van der Waals surface area contributed by atoms with Gasteiger partial charge in [0, 0.05) is 41.5 Å². The first-order chi connectivity index (χ1) is 19.1. The number of anilines is 1. The number of carbonyl (C=O) groups excluding carboxylic acids is 1. The topological polar surface area (TPSA) is 109 Å². The third-order valence-electron chi connectivity index (χ3n) is 6.60. The fraction of sp³-hybridized carbons (Fsp3) is 0.258. The van der Waals surface area contributed by atoms with Gasteiger partial charge < -0.3 is 25.0 Å². The molecule has 1 heterocycles. The second kappa shape index (κ2) is 12.8. The lowest BCUT2D eigenvalue weighted by molar-refractivity contribution is -0.137. The Hall–Kier alpha value is -4.14. The van der Waals surface area contributed by atoms with Crippen LogP contribution in [0.15, 0.2) is 71.7 Å². The normalized spacial score (nSPS) is 11.8. The highest BCUT2D eigenvalue weighted by molar-refractivity contribution is 6.31. The number of amides is 1. The second-order valence-corrected chi connectivity index (χ2v) is 10.4. The molecule has 0 fully saturated rings. The van der Waals surface area contributed by atoms with Crippen molar-refractivity contribution in [2.45, 2.75) is 26.2 Å². The van der Waals surface area contributed by atoms with E-state index >= 15 is 0 Å². The molecule has 3 N–H and O–H groups in total. The maximum atomic E-state index is 12.3. The van der Waals surface area contributed by atoms with Crippen molar-refractivity contribution in [1.29, 1.82) is 0 Å². The first-order valence-electron chi connectivity index (χ1n) is 13.1. The van der Waals surface area contributed by atoms with Crippen molar-refractivity contribution < 1.29 is 19.8 Å². The summed E-state index contributed by atoms with van der Waals surface area (Å²) in [5, 5.41) is 21.3. The van der Waals surface area contributed by atoms with E-state index in [0.29, 0.717) is 40.5 Å². The summed E-state index contributed by atoms with van der Waals surface area (Å²) in [6.07, 6.45) is 1.31. The van der Waals surface area contributed by atoms with Gasteiger partial charge in [-0.05, 0) is 75.4 Å². The van der Waals surface area contributed by atoms with Gasteiger partial charge in [0.25, 0.3) is 0 Å². The van der Waals surface area contributed by atoms with E-state index in [1.807, 2.05) is 68.7 Å². The van der Waals surface area contributed by atoms with Crippen molar-refractivity contribution in [3.8, 4) is 5.88 Å². The van der Waals surface area contributed by atoms with Gasteiger partial charge in [0.1, 0.15) is 0 Å². The van der Waals surface area contributed by atoms with Gasteiger partial charge in [0.15, 0.2) is 5.88 Å². The van der Waals surface area contributed by atoms with Crippen LogP contribution in [0.5, 0.6) is 5.88 Å². The van der Waals surface area contributed by atoms with E-state index in [1.54, 1.807) is 24.0 Å². The van der Waals surface area contributed by atoms with Crippen LogP contribution in [0.2, 0.25) is 5.02 Å². The fourth-order valence-electron chi connectivity index (χ4n) is 4.59. The molecule has 0 aliphatic heterocycles. The zero-order valence-electron chi connectivity index (χ0n) is 22.8. The van der Waals surface area contributed by atoms with E-state index in [1.165, 1.54) is 0 Å². The number of aromatic nitrogens is 1. The summed E-state index contributed by atoms with van der Waals surface area (Å²) in [4.78, 5) is 35.1. The maximum absolute atomic E-state index is 12.3. The van der Waals surface area contributed by atoms with Crippen molar-refractivity contribution in [2.75, 3.05) is 32.1 Å². The Morgan fingerprint density at radius 3 is 2.30 bits per heavy atom. The van der Waals surface area contributed by atoms with Crippen LogP contribution in [0.3, 0.4) is 0 Å². The molecule has 9 heteroatoms. The van der Waals surface area contributed by atoms with Crippen LogP contribution in [-0.4, -0.2) is 64.9 Å². The molecule has 4 rings (SSSR count). The average molecular weight is 561 g/mol. The molecular formula is C31H33ClN4O4. The van der Waals surface area contributed by atoms with E-state index in [0.717, 1.165) is 35.2 Å². The molecular weight excluding hydrogens is 528 g/mol. The second-order valence-electron chi connectivity index (χ2n) is 9.93. The Morgan fingerprint density at radius 2 is 1.68 bits per heavy atom. The SMILES string of the molecule is CC(=O)N(CCCN(C)C)c1ccc(N=C(c2ccc(CCC(=O)O)cc2)c2c(O)[nH]c3cc(Cl)ccc23)cc1. The molecule has 0 radical (unpaired) electrons. The number of aryl methyl sites for hydroxylation is 1. The lowest BCUT2D eigenvalue weighted by atomic mass is 9.98. The van der Waals surface area contributed by atoms with E-state index in [9.17, 15) is 14.7 Å². The number of hydrogen-bond donors (Lipinski definition) is 3.